The summed E-state index contributed by atoms with van der Waals surface area (Å²) >= 11 is 0. The molecule has 0 unspecified atom stereocenters. The highest BCUT2D eigenvalue weighted by molar-refractivity contribution is 6.03. The number of carbonyl (C=O) groups is 2. The summed E-state index contributed by atoms with van der Waals surface area (Å²) in [5.74, 6) is 4.35. The summed E-state index contributed by atoms with van der Waals surface area (Å²) in [4.78, 5) is 25.6. The minimum atomic E-state index is -0.466. The SMILES string of the molecule is O=C1OC(=O)[C@]23CC4=C5C[C@]12C[C@H]1C[C@H]2[C@@H](C[C@@H]1C3)[C@H]4C[C@H]52. The molecule has 114 valence electrons. The lowest BCUT2D eigenvalue weighted by Crippen LogP contribution is -2.59. The largest absolute Gasteiger partial charge is 0.392 e. The van der Waals surface area contributed by atoms with E-state index in [9.17, 15) is 9.59 Å². The maximum absolute atomic E-state index is 12.8. The van der Waals surface area contributed by atoms with Gasteiger partial charge in [-0.3, -0.25) is 9.59 Å². The van der Waals surface area contributed by atoms with Crippen LogP contribution in [0.2, 0.25) is 0 Å². The molecule has 3 saturated carbocycles. The average Bonchev–Trinajstić information content (AvgIpc) is 3.06. The van der Waals surface area contributed by atoms with Crippen molar-refractivity contribution in [3.8, 4) is 0 Å². The normalized spacial score (nSPS) is 62.0. The van der Waals surface area contributed by atoms with Gasteiger partial charge in [0.1, 0.15) is 0 Å². The van der Waals surface area contributed by atoms with Crippen LogP contribution in [0.1, 0.15) is 44.9 Å². The van der Waals surface area contributed by atoms with E-state index in [4.69, 9.17) is 4.74 Å². The van der Waals surface area contributed by atoms with Crippen molar-refractivity contribution in [3.63, 3.8) is 0 Å². The molecule has 0 N–H and O–H groups in total. The molecule has 0 aromatic heterocycles. The molecule has 5 aliphatic carbocycles. The van der Waals surface area contributed by atoms with Crippen LogP contribution in [-0.2, 0) is 14.3 Å². The molecule has 6 aliphatic rings. The predicted octanol–water partition coefficient (Wildman–Crippen LogP) is 2.85. The molecule has 0 aromatic rings. The maximum atomic E-state index is 12.8. The van der Waals surface area contributed by atoms with Crippen LogP contribution in [0.4, 0.5) is 0 Å². The molecule has 8 atom stereocenters. The van der Waals surface area contributed by atoms with E-state index >= 15 is 0 Å². The van der Waals surface area contributed by atoms with E-state index < -0.39 is 10.8 Å². The molecule has 0 radical (unpaired) electrons. The number of carbonyl (C=O) groups excluding carboxylic acids is 2. The molecule has 0 spiro atoms. The van der Waals surface area contributed by atoms with Gasteiger partial charge in [-0.15, -0.1) is 0 Å². The highest BCUT2D eigenvalue weighted by Gasteiger charge is 2.77. The van der Waals surface area contributed by atoms with Crippen LogP contribution in [0, 0.1) is 46.3 Å². The van der Waals surface area contributed by atoms with Gasteiger partial charge >= 0.3 is 11.9 Å². The summed E-state index contributed by atoms with van der Waals surface area (Å²) < 4.78 is 5.32. The fourth-order valence-electron chi connectivity index (χ4n) is 8.65. The lowest BCUT2D eigenvalue weighted by molar-refractivity contribution is -0.156. The Hall–Kier alpha value is -1.12. The van der Waals surface area contributed by atoms with Crippen molar-refractivity contribution >= 4 is 11.9 Å². The molecule has 1 heterocycles. The molecule has 6 rings (SSSR count). The Bertz CT molecular complexity index is 662. The summed E-state index contributed by atoms with van der Waals surface area (Å²) in [6.07, 6.45) is 7.63. The number of hydrogen-bond donors (Lipinski definition) is 0. The first-order valence-corrected chi connectivity index (χ1v) is 9.11. The molecule has 22 heavy (non-hydrogen) atoms. The molecule has 3 nitrogen and oxygen atoms in total. The van der Waals surface area contributed by atoms with Crippen molar-refractivity contribution in [3.05, 3.63) is 11.1 Å². The van der Waals surface area contributed by atoms with E-state index in [0.29, 0.717) is 11.8 Å². The van der Waals surface area contributed by atoms with Gasteiger partial charge < -0.3 is 4.74 Å². The number of fused-ring (bicyclic) bond motifs is 8. The third-order valence-corrected chi connectivity index (χ3v) is 9.30. The minimum Gasteiger partial charge on any atom is -0.392 e. The van der Waals surface area contributed by atoms with Gasteiger partial charge in [-0.2, -0.15) is 0 Å². The first-order chi connectivity index (χ1) is 10.6. The summed E-state index contributed by atoms with van der Waals surface area (Å²) in [7, 11) is 0. The number of ether oxygens (including phenoxy) is 1. The van der Waals surface area contributed by atoms with Gasteiger partial charge in [-0.1, -0.05) is 11.1 Å². The van der Waals surface area contributed by atoms with Crippen LogP contribution in [0.5, 0.6) is 0 Å². The average molecular weight is 296 g/mol. The van der Waals surface area contributed by atoms with Crippen LogP contribution in [-0.4, -0.2) is 11.9 Å². The van der Waals surface area contributed by atoms with Crippen molar-refractivity contribution in [2.45, 2.75) is 44.9 Å². The van der Waals surface area contributed by atoms with Crippen LogP contribution in [0.3, 0.4) is 0 Å². The first kappa shape index (κ1) is 11.4. The van der Waals surface area contributed by atoms with Gasteiger partial charge in [0, 0.05) is 0 Å². The number of rotatable bonds is 0. The Balaban J connectivity index is 1.59. The lowest BCUT2D eigenvalue weighted by Gasteiger charge is -2.61. The van der Waals surface area contributed by atoms with Gasteiger partial charge in [0.05, 0.1) is 10.8 Å². The molecule has 2 bridgehead atoms. The first-order valence-electron chi connectivity index (χ1n) is 9.11. The van der Waals surface area contributed by atoms with Crippen molar-refractivity contribution in [2.75, 3.05) is 0 Å². The van der Waals surface area contributed by atoms with E-state index in [1.54, 1.807) is 11.1 Å². The molecule has 0 amide bonds. The zero-order valence-electron chi connectivity index (χ0n) is 12.6. The van der Waals surface area contributed by atoms with Crippen molar-refractivity contribution < 1.29 is 14.3 Å². The Morgan fingerprint density at radius 1 is 0.773 bits per heavy atom. The highest BCUT2D eigenvalue weighted by atomic mass is 16.6. The minimum absolute atomic E-state index is 0.161. The van der Waals surface area contributed by atoms with Crippen LogP contribution < -0.4 is 0 Å². The third-order valence-electron chi connectivity index (χ3n) is 9.30. The Morgan fingerprint density at radius 2 is 1.27 bits per heavy atom. The topological polar surface area (TPSA) is 43.4 Å². The summed E-state index contributed by atoms with van der Waals surface area (Å²) in [6.45, 7) is 0. The second-order valence-electron chi connectivity index (χ2n) is 9.42. The van der Waals surface area contributed by atoms with E-state index in [1.807, 2.05) is 0 Å². The van der Waals surface area contributed by atoms with E-state index in [1.165, 1.54) is 19.3 Å². The standard InChI is InChI=1S/C19H20O3/c20-16-18-4-8-1-10-11-2-9(8)5-19(18,17(21)22-16)7-15-13(11)3-12(10)14(15)6-18/h8-13H,1-7H2/t8-,9-,10-,11+,12-,13+,18+,19-/m1/s1. The highest BCUT2D eigenvalue weighted by Crippen LogP contribution is 2.77. The predicted molar refractivity (Wildman–Crippen MR) is 76.3 cm³/mol. The molecule has 3 heteroatoms. The number of esters is 2. The molecule has 0 aromatic carbocycles. The van der Waals surface area contributed by atoms with Crippen molar-refractivity contribution in [2.24, 2.45) is 46.3 Å². The molecular weight excluding hydrogens is 276 g/mol. The Morgan fingerprint density at radius 3 is 1.77 bits per heavy atom. The summed E-state index contributed by atoms with van der Waals surface area (Å²) in [6, 6.07) is 0. The van der Waals surface area contributed by atoms with Crippen LogP contribution in [0.15, 0.2) is 11.1 Å². The summed E-state index contributed by atoms with van der Waals surface area (Å²) in [5, 5.41) is 0. The monoisotopic (exact) mass is 296 g/mol. The van der Waals surface area contributed by atoms with Gasteiger partial charge in [0.2, 0.25) is 0 Å². The third kappa shape index (κ3) is 0.858. The fraction of sp³-hybridized carbons (Fsp3) is 0.789. The summed E-state index contributed by atoms with van der Waals surface area (Å²) in [5.41, 5.74) is 2.30. The maximum Gasteiger partial charge on any atom is 0.321 e. The van der Waals surface area contributed by atoms with E-state index in [0.717, 1.165) is 49.4 Å². The molecule has 1 aliphatic heterocycles. The quantitative estimate of drug-likeness (QED) is 0.392. The Labute approximate surface area is 129 Å². The number of cyclic esters (lactones) is 2. The smallest absolute Gasteiger partial charge is 0.321 e. The van der Waals surface area contributed by atoms with Gasteiger partial charge in [-0.25, -0.2) is 0 Å². The van der Waals surface area contributed by atoms with Gasteiger partial charge in [0.25, 0.3) is 0 Å². The van der Waals surface area contributed by atoms with E-state index in [-0.39, 0.29) is 11.9 Å². The Kier molecular flexibility index (Phi) is 1.54. The van der Waals surface area contributed by atoms with Crippen molar-refractivity contribution in [1.82, 2.24) is 0 Å². The fourth-order valence-corrected chi connectivity index (χ4v) is 8.65. The number of allylic oxidation sites excluding steroid dienone is 2. The van der Waals surface area contributed by atoms with Gasteiger partial charge in [0.15, 0.2) is 0 Å². The lowest BCUT2D eigenvalue weighted by atomic mass is 9.40. The second kappa shape index (κ2) is 2.97. The zero-order valence-corrected chi connectivity index (χ0v) is 12.6. The molecule has 4 fully saturated rings. The van der Waals surface area contributed by atoms with E-state index in [2.05, 4.69) is 0 Å². The number of hydrogen-bond acceptors (Lipinski definition) is 3. The van der Waals surface area contributed by atoms with Crippen LogP contribution >= 0.6 is 0 Å². The van der Waals surface area contributed by atoms with Crippen LogP contribution in [0.25, 0.3) is 0 Å². The second-order valence-corrected chi connectivity index (χ2v) is 9.42. The zero-order chi connectivity index (χ0) is 14.4. The molecule has 1 saturated heterocycles. The van der Waals surface area contributed by atoms with Crippen molar-refractivity contribution in [1.29, 1.82) is 0 Å². The van der Waals surface area contributed by atoms with Gasteiger partial charge in [-0.05, 0) is 80.5 Å². The molecular formula is C19H20O3.